The van der Waals surface area contributed by atoms with Gasteiger partial charge in [-0.2, -0.15) is 0 Å². The highest BCUT2D eigenvalue weighted by molar-refractivity contribution is 4.88. The molecule has 0 aromatic heterocycles. The molecule has 106 valence electrons. The van der Waals surface area contributed by atoms with Crippen molar-refractivity contribution in [1.29, 1.82) is 0 Å². The second kappa shape index (κ2) is 6.36. The van der Waals surface area contributed by atoms with Crippen molar-refractivity contribution < 1.29 is 4.74 Å². The third-order valence-corrected chi connectivity index (χ3v) is 4.33. The van der Waals surface area contributed by atoms with Gasteiger partial charge in [0.25, 0.3) is 0 Å². The second-order valence-electron chi connectivity index (χ2n) is 6.54. The minimum Gasteiger partial charge on any atom is -0.375 e. The molecule has 2 unspecified atom stereocenters. The van der Waals surface area contributed by atoms with Crippen molar-refractivity contribution in [2.24, 2.45) is 0 Å². The number of nitrogens with zero attached hydrogens (tertiary/aromatic N) is 1. The third-order valence-electron chi connectivity index (χ3n) is 4.33. The Kier molecular flexibility index (Phi) is 5.05. The molecule has 2 atom stereocenters. The van der Waals surface area contributed by atoms with Gasteiger partial charge in [-0.3, -0.25) is 4.90 Å². The Morgan fingerprint density at radius 3 is 2.94 bits per heavy atom. The summed E-state index contributed by atoms with van der Waals surface area (Å²) >= 11 is 0. The molecule has 0 saturated carbocycles. The molecule has 2 fully saturated rings. The van der Waals surface area contributed by atoms with E-state index < -0.39 is 0 Å². The van der Waals surface area contributed by atoms with E-state index in [1.54, 1.807) is 0 Å². The number of hydrogen-bond acceptors (Lipinski definition) is 3. The van der Waals surface area contributed by atoms with Crippen LogP contribution in [0.4, 0.5) is 0 Å². The van der Waals surface area contributed by atoms with Gasteiger partial charge in [-0.15, -0.1) is 0 Å². The summed E-state index contributed by atoms with van der Waals surface area (Å²) in [6.07, 6.45) is 6.28. The Labute approximate surface area is 112 Å². The molecule has 0 spiro atoms. The third kappa shape index (κ3) is 3.94. The van der Waals surface area contributed by atoms with Gasteiger partial charge in [0.2, 0.25) is 0 Å². The molecule has 2 aliphatic rings. The smallest absolute Gasteiger partial charge is 0.0641 e. The summed E-state index contributed by atoms with van der Waals surface area (Å²) in [5.74, 6) is 0. The molecule has 2 saturated heterocycles. The van der Waals surface area contributed by atoms with Crippen LogP contribution in [0.25, 0.3) is 0 Å². The van der Waals surface area contributed by atoms with Gasteiger partial charge in [0.05, 0.1) is 5.60 Å². The van der Waals surface area contributed by atoms with Crippen molar-refractivity contribution in [2.75, 3.05) is 26.2 Å². The van der Waals surface area contributed by atoms with Crippen LogP contribution in [0.2, 0.25) is 0 Å². The Morgan fingerprint density at radius 1 is 1.39 bits per heavy atom. The SMILES string of the molecule is CCCC1CN(C2CCOC(C)(C)C2)CCCN1. The van der Waals surface area contributed by atoms with Crippen LogP contribution in [-0.4, -0.2) is 48.8 Å². The monoisotopic (exact) mass is 254 g/mol. The van der Waals surface area contributed by atoms with Gasteiger partial charge >= 0.3 is 0 Å². The molecule has 3 nitrogen and oxygen atoms in total. The topological polar surface area (TPSA) is 24.5 Å². The Hall–Kier alpha value is -0.120. The van der Waals surface area contributed by atoms with Crippen molar-refractivity contribution in [2.45, 2.75) is 70.6 Å². The van der Waals surface area contributed by atoms with Crippen LogP contribution >= 0.6 is 0 Å². The molecule has 2 heterocycles. The highest BCUT2D eigenvalue weighted by Crippen LogP contribution is 2.28. The Morgan fingerprint density at radius 2 is 2.22 bits per heavy atom. The van der Waals surface area contributed by atoms with Crippen LogP contribution in [0.3, 0.4) is 0 Å². The fraction of sp³-hybridized carbons (Fsp3) is 1.00. The summed E-state index contributed by atoms with van der Waals surface area (Å²) in [7, 11) is 0. The molecule has 0 aliphatic carbocycles. The summed E-state index contributed by atoms with van der Waals surface area (Å²) in [6, 6.07) is 1.43. The van der Waals surface area contributed by atoms with E-state index in [0.717, 1.165) is 12.6 Å². The van der Waals surface area contributed by atoms with Gasteiger partial charge in [0.15, 0.2) is 0 Å². The minimum atomic E-state index is 0.0723. The average Bonchev–Trinajstić information content (AvgIpc) is 2.54. The zero-order valence-electron chi connectivity index (χ0n) is 12.4. The van der Waals surface area contributed by atoms with Crippen LogP contribution in [-0.2, 0) is 4.74 Å². The van der Waals surface area contributed by atoms with E-state index in [1.807, 2.05) is 0 Å². The van der Waals surface area contributed by atoms with Gasteiger partial charge in [0, 0.05) is 25.2 Å². The maximum absolute atomic E-state index is 5.85. The predicted octanol–water partition coefficient (Wildman–Crippen LogP) is 2.41. The summed E-state index contributed by atoms with van der Waals surface area (Å²) < 4.78 is 5.85. The van der Waals surface area contributed by atoms with E-state index in [1.165, 1.54) is 51.7 Å². The van der Waals surface area contributed by atoms with E-state index in [4.69, 9.17) is 4.74 Å². The molecule has 1 N–H and O–H groups in total. The Balaban J connectivity index is 1.93. The van der Waals surface area contributed by atoms with Crippen LogP contribution in [0.5, 0.6) is 0 Å². The first kappa shape index (κ1) is 14.3. The number of ether oxygens (including phenoxy) is 1. The standard InChI is InChI=1S/C15H30N2O/c1-4-6-13-12-17(9-5-8-16-13)14-7-10-18-15(2,3)11-14/h13-14,16H,4-12H2,1-3H3. The number of nitrogens with one attached hydrogen (secondary N) is 1. The lowest BCUT2D eigenvalue weighted by Gasteiger charge is -2.41. The van der Waals surface area contributed by atoms with Crippen LogP contribution in [0.15, 0.2) is 0 Å². The molecule has 2 rings (SSSR count). The quantitative estimate of drug-likeness (QED) is 0.837. The summed E-state index contributed by atoms with van der Waals surface area (Å²) in [6.45, 7) is 11.4. The van der Waals surface area contributed by atoms with Gasteiger partial charge in [-0.25, -0.2) is 0 Å². The van der Waals surface area contributed by atoms with Crippen molar-refractivity contribution >= 4 is 0 Å². The van der Waals surface area contributed by atoms with E-state index in [9.17, 15) is 0 Å². The normalized spacial score (nSPS) is 34.2. The zero-order valence-corrected chi connectivity index (χ0v) is 12.4. The van der Waals surface area contributed by atoms with Crippen molar-refractivity contribution in [3.63, 3.8) is 0 Å². The molecular weight excluding hydrogens is 224 g/mol. The summed E-state index contributed by atoms with van der Waals surface area (Å²) in [5, 5.41) is 3.70. The van der Waals surface area contributed by atoms with Gasteiger partial charge < -0.3 is 10.1 Å². The summed E-state index contributed by atoms with van der Waals surface area (Å²) in [5.41, 5.74) is 0.0723. The van der Waals surface area contributed by atoms with Gasteiger partial charge in [0.1, 0.15) is 0 Å². The molecule has 18 heavy (non-hydrogen) atoms. The highest BCUT2D eigenvalue weighted by Gasteiger charge is 2.33. The number of rotatable bonds is 3. The van der Waals surface area contributed by atoms with E-state index in [2.05, 4.69) is 31.0 Å². The van der Waals surface area contributed by atoms with Crippen molar-refractivity contribution in [3.8, 4) is 0 Å². The van der Waals surface area contributed by atoms with Crippen LogP contribution < -0.4 is 5.32 Å². The lowest BCUT2D eigenvalue weighted by atomic mass is 9.92. The molecule has 0 aromatic rings. The lowest BCUT2D eigenvalue weighted by Crippen LogP contribution is -2.49. The van der Waals surface area contributed by atoms with Crippen LogP contribution in [0, 0.1) is 0 Å². The molecular formula is C15H30N2O. The zero-order chi connectivity index (χ0) is 13.0. The molecule has 0 bridgehead atoms. The number of hydrogen-bond donors (Lipinski definition) is 1. The summed E-state index contributed by atoms with van der Waals surface area (Å²) in [4.78, 5) is 2.73. The molecule has 2 aliphatic heterocycles. The maximum atomic E-state index is 5.85. The Bertz CT molecular complexity index is 255. The van der Waals surface area contributed by atoms with E-state index >= 15 is 0 Å². The average molecular weight is 254 g/mol. The van der Waals surface area contributed by atoms with Crippen LogP contribution in [0.1, 0.15) is 52.9 Å². The lowest BCUT2D eigenvalue weighted by molar-refractivity contribution is -0.0833. The molecule has 0 aromatic carbocycles. The first-order valence-corrected chi connectivity index (χ1v) is 7.72. The second-order valence-corrected chi connectivity index (χ2v) is 6.54. The van der Waals surface area contributed by atoms with E-state index in [-0.39, 0.29) is 5.60 Å². The maximum Gasteiger partial charge on any atom is 0.0641 e. The fourth-order valence-corrected chi connectivity index (χ4v) is 3.41. The fourth-order valence-electron chi connectivity index (χ4n) is 3.41. The minimum absolute atomic E-state index is 0.0723. The first-order valence-electron chi connectivity index (χ1n) is 7.72. The van der Waals surface area contributed by atoms with Crippen molar-refractivity contribution in [1.82, 2.24) is 10.2 Å². The highest BCUT2D eigenvalue weighted by atomic mass is 16.5. The molecule has 0 amide bonds. The molecule has 3 heteroatoms. The van der Waals surface area contributed by atoms with Gasteiger partial charge in [-0.1, -0.05) is 13.3 Å². The first-order chi connectivity index (χ1) is 8.61. The van der Waals surface area contributed by atoms with Gasteiger partial charge in [-0.05, 0) is 52.6 Å². The van der Waals surface area contributed by atoms with E-state index in [0.29, 0.717) is 6.04 Å². The largest absolute Gasteiger partial charge is 0.375 e. The predicted molar refractivity (Wildman–Crippen MR) is 75.9 cm³/mol. The van der Waals surface area contributed by atoms with Crippen molar-refractivity contribution in [3.05, 3.63) is 0 Å². The molecule has 0 radical (unpaired) electrons.